The highest BCUT2D eigenvalue weighted by molar-refractivity contribution is 5.91. The summed E-state index contributed by atoms with van der Waals surface area (Å²) in [6.07, 6.45) is 3.18. The van der Waals surface area contributed by atoms with Gasteiger partial charge in [-0.3, -0.25) is 14.4 Å². The lowest BCUT2D eigenvalue weighted by atomic mass is 10.1. The Bertz CT molecular complexity index is 583. The van der Waals surface area contributed by atoms with E-state index >= 15 is 0 Å². The van der Waals surface area contributed by atoms with Gasteiger partial charge in [0.25, 0.3) is 0 Å². The molecule has 0 bridgehead atoms. The number of carbonyl (C=O) groups is 3. The molecule has 0 aromatic heterocycles. The van der Waals surface area contributed by atoms with Gasteiger partial charge in [-0.2, -0.15) is 0 Å². The van der Waals surface area contributed by atoms with Gasteiger partial charge < -0.3 is 15.3 Å². The van der Waals surface area contributed by atoms with Crippen molar-refractivity contribution in [1.82, 2.24) is 10.2 Å². The maximum absolute atomic E-state index is 11.6. The number of likely N-dealkylation sites (tertiary alicyclic amines) is 1. The molecule has 1 aromatic rings. The van der Waals surface area contributed by atoms with E-state index in [1.807, 2.05) is 30.3 Å². The number of amides is 2. The lowest BCUT2D eigenvalue weighted by Gasteiger charge is -2.15. The van der Waals surface area contributed by atoms with Crippen molar-refractivity contribution in [3.63, 3.8) is 0 Å². The van der Waals surface area contributed by atoms with Crippen LogP contribution in [-0.2, 0) is 14.4 Å². The predicted octanol–water partition coefficient (Wildman–Crippen LogP) is 0.749. The van der Waals surface area contributed by atoms with Gasteiger partial charge in [0.2, 0.25) is 11.8 Å². The second kappa shape index (κ2) is 7.40. The van der Waals surface area contributed by atoms with Gasteiger partial charge in [0.1, 0.15) is 0 Å². The molecule has 2 N–H and O–H groups in total. The SMILES string of the molecule is O=C(/C=C/c1ccccc1)NCCN1CC(C(=O)O)CC1=O. The number of hydrogen-bond donors (Lipinski definition) is 2. The Labute approximate surface area is 128 Å². The molecule has 6 heteroatoms. The number of hydrogen-bond acceptors (Lipinski definition) is 3. The maximum Gasteiger partial charge on any atom is 0.308 e. The van der Waals surface area contributed by atoms with Crippen LogP contribution >= 0.6 is 0 Å². The monoisotopic (exact) mass is 302 g/mol. The van der Waals surface area contributed by atoms with E-state index in [-0.39, 0.29) is 24.8 Å². The van der Waals surface area contributed by atoms with Gasteiger partial charge in [0.15, 0.2) is 0 Å². The summed E-state index contributed by atoms with van der Waals surface area (Å²) in [6, 6.07) is 9.44. The topological polar surface area (TPSA) is 86.7 Å². The van der Waals surface area contributed by atoms with Gasteiger partial charge in [0, 0.05) is 32.1 Å². The Hall–Kier alpha value is -2.63. The van der Waals surface area contributed by atoms with Crippen molar-refractivity contribution in [3.05, 3.63) is 42.0 Å². The zero-order valence-corrected chi connectivity index (χ0v) is 12.1. The fraction of sp³-hybridized carbons (Fsp3) is 0.312. The van der Waals surface area contributed by atoms with Crippen molar-refractivity contribution < 1.29 is 19.5 Å². The van der Waals surface area contributed by atoms with Gasteiger partial charge in [-0.15, -0.1) is 0 Å². The van der Waals surface area contributed by atoms with E-state index in [2.05, 4.69) is 5.32 Å². The number of carboxylic acids is 1. The third kappa shape index (κ3) is 4.44. The standard InChI is InChI=1S/C16H18N2O4/c19-14(7-6-12-4-2-1-3-5-12)17-8-9-18-11-13(16(21)22)10-15(18)20/h1-7,13H,8-11H2,(H,17,19)(H,21,22)/b7-6+. The fourth-order valence-electron chi connectivity index (χ4n) is 2.26. The van der Waals surface area contributed by atoms with Crippen LogP contribution in [0.2, 0.25) is 0 Å². The Morgan fingerprint density at radius 1 is 1.32 bits per heavy atom. The minimum atomic E-state index is -0.953. The maximum atomic E-state index is 11.6. The van der Waals surface area contributed by atoms with E-state index in [0.717, 1.165) is 5.56 Å². The zero-order valence-electron chi connectivity index (χ0n) is 12.1. The van der Waals surface area contributed by atoms with Gasteiger partial charge in [-0.25, -0.2) is 0 Å². The lowest BCUT2D eigenvalue weighted by Crippen LogP contribution is -2.35. The van der Waals surface area contributed by atoms with Crippen LogP contribution in [0.3, 0.4) is 0 Å². The van der Waals surface area contributed by atoms with Crippen LogP contribution < -0.4 is 5.32 Å². The molecule has 2 amide bonds. The second-order valence-electron chi connectivity index (χ2n) is 5.11. The van der Waals surface area contributed by atoms with Crippen LogP contribution in [0.1, 0.15) is 12.0 Å². The molecule has 6 nitrogen and oxygen atoms in total. The van der Waals surface area contributed by atoms with Crippen LogP contribution in [0.4, 0.5) is 0 Å². The van der Waals surface area contributed by atoms with Crippen molar-refractivity contribution >= 4 is 23.9 Å². The first-order valence-electron chi connectivity index (χ1n) is 7.08. The van der Waals surface area contributed by atoms with Crippen molar-refractivity contribution in [2.24, 2.45) is 5.92 Å². The average Bonchev–Trinajstić information content (AvgIpc) is 2.88. The highest BCUT2D eigenvalue weighted by Crippen LogP contribution is 2.17. The highest BCUT2D eigenvalue weighted by Gasteiger charge is 2.33. The summed E-state index contributed by atoms with van der Waals surface area (Å²) in [5.74, 6) is -2.02. The summed E-state index contributed by atoms with van der Waals surface area (Å²) in [7, 11) is 0. The Balaban J connectivity index is 1.72. The van der Waals surface area contributed by atoms with Crippen molar-refractivity contribution in [1.29, 1.82) is 0 Å². The Kier molecular flexibility index (Phi) is 5.30. The number of aliphatic carboxylic acids is 1. The van der Waals surface area contributed by atoms with E-state index < -0.39 is 11.9 Å². The largest absolute Gasteiger partial charge is 0.481 e. The van der Waals surface area contributed by atoms with E-state index in [9.17, 15) is 14.4 Å². The highest BCUT2D eigenvalue weighted by atomic mass is 16.4. The van der Waals surface area contributed by atoms with Gasteiger partial charge in [-0.1, -0.05) is 30.3 Å². The molecule has 0 radical (unpaired) electrons. The third-order valence-electron chi connectivity index (χ3n) is 3.47. The molecule has 1 aliphatic rings. The van der Waals surface area contributed by atoms with Gasteiger partial charge in [-0.05, 0) is 11.6 Å². The van der Waals surface area contributed by atoms with Gasteiger partial charge in [0.05, 0.1) is 5.92 Å². The minimum Gasteiger partial charge on any atom is -0.481 e. The zero-order chi connectivity index (χ0) is 15.9. The van der Waals surface area contributed by atoms with E-state index in [1.54, 1.807) is 6.08 Å². The summed E-state index contributed by atoms with van der Waals surface area (Å²) in [6.45, 7) is 0.841. The van der Waals surface area contributed by atoms with E-state index in [0.29, 0.717) is 13.1 Å². The molecule has 1 aliphatic heterocycles. The molecule has 0 spiro atoms. The smallest absolute Gasteiger partial charge is 0.308 e. The molecular formula is C16H18N2O4. The minimum absolute atomic E-state index is 0.0389. The molecular weight excluding hydrogens is 284 g/mol. The van der Waals surface area contributed by atoms with E-state index in [4.69, 9.17) is 5.11 Å². The van der Waals surface area contributed by atoms with Crippen molar-refractivity contribution in [3.8, 4) is 0 Å². The van der Waals surface area contributed by atoms with Crippen LogP contribution in [-0.4, -0.2) is 47.4 Å². The molecule has 1 atom stereocenters. The summed E-state index contributed by atoms with van der Waals surface area (Å²) < 4.78 is 0. The Morgan fingerprint density at radius 2 is 2.05 bits per heavy atom. The predicted molar refractivity (Wildman–Crippen MR) is 80.8 cm³/mol. The third-order valence-corrected chi connectivity index (χ3v) is 3.47. The lowest BCUT2D eigenvalue weighted by molar-refractivity contribution is -0.141. The van der Waals surface area contributed by atoms with Crippen LogP contribution in [0, 0.1) is 5.92 Å². The number of benzene rings is 1. The quantitative estimate of drug-likeness (QED) is 0.759. The van der Waals surface area contributed by atoms with Crippen LogP contribution in [0.5, 0.6) is 0 Å². The van der Waals surface area contributed by atoms with Crippen molar-refractivity contribution in [2.75, 3.05) is 19.6 Å². The second-order valence-corrected chi connectivity index (χ2v) is 5.11. The molecule has 1 fully saturated rings. The molecule has 1 saturated heterocycles. The molecule has 0 aliphatic carbocycles. The van der Waals surface area contributed by atoms with Crippen molar-refractivity contribution in [2.45, 2.75) is 6.42 Å². The Morgan fingerprint density at radius 3 is 2.68 bits per heavy atom. The number of carbonyl (C=O) groups excluding carboxylic acids is 2. The summed E-state index contributed by atoms with van der Waals surface area (Å²) >= 11 is 0. The molecule has 1 unspecified atom stereocenters. The fourth-order valence-corrected chi connectivity index (χ4v) is 2.26. The molecule has 1 heterocycles. The van der Waals surface area contributed by atoms with Crippen LogP contribution in [0.15, 0.2) is 36.4 Å². The number of carboxylic acid groups (broad SMARTS) is 1. The molecule has 2 rings (SSSR count). The van der Waals surface area contributed by atoms with E-state index in [1.165, 1.54) is 11.0 Å². The normalized spacial score (nSPS) is 17.9. The molecule has 1 aromatic carbocycles. The number of rotatable bonds is 6. The van der Waals surface area contributed by atoms with Gasteiger partial charge >= 0.3 is 5.97 Å². The number of nitrogens with one attached hydrogen (secondary N) is 1. The first-order valence-corrected chi connectivity index (χ1v) is 7.08. The molecule has 22 heavy (non-hydrogen) atoms. The first-order chi connectivity index (χ1) is 10.6. The molecule has 116 valence electrons. The first kappa shape index (κ1) is 15.8. The summed E-state index contributed by atoms with van der Waals surface area (Å²) in [4.78, 5) is 35.6. The average molecular weight is 302 g/mol. The summed E-state index contributed by atoms with van der Waals surface area (Å²) in [5, 5.41) is 11.6. The molecule has 0 saturated carbocycles. The number of nitrogens with zero attached hydrogens (tertiary/aromatic N) is 1. The van der Waals surface area contributed by atoms with Crippen LogP contribution in [0.25, 0.3) is 6.08 Å². The summed E-state index contributed by atoms with van der Waals surface area (Å²) in [5.41, 5.74) is 0.927.